The molecule has 94 valence electrons. The smallest absolute Gasteiger partial charge is 0.154 e. The van der Waals surface area contributed by atoms with Crippen LogP contribution in [0.2, 0.25) is 0 Å². The van der Waals surface area contributed by atoms with E-state index in [2.05, 4.69) is 27.9 Å². The maximum atomic E-state index is 4.45. The molecule has 0 amide bonds. The van der Waals surface area contributed by atoms with Crippen LogP contribution in [0.5, 0.6) is 0 Å². The summed E-state index contributed by atoms with van der Waals surface area (Å²) in [5, 5.41) is 0. The molecule has 0 bridgehead atoms. The fraction of sp³-hybridized carbons (Fsp3) is 0.571. The van der Waals surface area contributed by atoms with Crippen LogP contribution in [-0.4, -0.2) is 23.1 Å². The molecule has 0 saturated carbocycles. The van der Waals surface area contributed by atoms with Crippen molar-refractivity contribution in [1.82, 2.24) is 9.97 Å². The third kappa shape index (κ3) is 3.29. The molecule has 0 aromatic carbocycles. The molecule has 3 heteroatoms. The Bertz CT molecular complexity index is 365. The van der Waals surface area contributed by atoms with E-state index in [1.807, 2.05) is 20.8 Å². The second-order valence-corrected chi connectivity index (χ2v) is 3.89. The van der Waals surface area contributed by atoms with Gasteiger partial charge in [-0.3, -0.25) is 4.98 Å². The van der Waals surface area contributed by atoms with Crippen LogP contribution < -0.4 is 4.90 Å². The van der Waals surface area contributed by atoms with Crippen LogP contribution in [0.15, 0.2) is 18.5 Å². The molecule has 2 rings (SSSR count). The van der Waals surface area contributed by atoms with Crippen LogP contribution in [-0.2, 0) is 0 Å². The van der Waals surface area contributed by atoms with Crippen molar-refractivity contribution >= 4 is 11.4 Å². The molecule has 1 aliphatic heterocycles. The molecule has 0 radical (unpaired) electrons. The zero-order chi connectivity index (χ0) is 12.7. The number of hydrogen-bond acceptors (Lipinski definition) is 3. The molecular formula is C14H23N3. The Hall–Kier alpha value is -1.38. The average Bonchev–Trinajstić information content (AvgIpc) is 2.94. The molecular weight excluding hydrogens is 210 g/mol. The lowest BCUT2D eigenvalue weighted by Gasteiger charge is -2.18. The number of anilines is 1. The summed E-state index contributed by atoms with van der Waals surface area (Å²) in [6.45, 7) is 10.4. The average molecular weight is 233 g/mol. The second kappa shape index (κ2) is 7.05. The van der Waals surface area contributed by atoms with Crippen LogP contribution in [0.3, 0.4) is 0 Å². The van der Waals surface area contributed by atoms with Gasteiger partial charge in [-0.25, -0.2) is 4.98 Å². The Balaban J connectivity index is 0.000000686. The van der Waals surface area contributed by atoms with Gasteiger partial charge in [0.2, 0.25) is 0 Å². The summed E-state index contributed by atoms with van der Waals surface area (Å²) >= 11 is 0. The number of aromatic nitrogens is 2. The molecule has 3 nitrogen and oxygen atoms in total. The molecule has 0 aliphatic carbocycles. The largest absolute Gasteiger partial charge is 0.355 e. The highest BCUT2D eigenvalue weighted by Gasteiger charge is 2.17. The summed E-state index contributed by atoms with van der Waals surface area (Å²) in [6, 6.07) is 0. The summed E-state index contributed by atoms with van der Waals surface area (Å²) in [5.74, 6) is 1.05. The number of allylic oxidation sites excluding steroid dienone is 2. The van der Waals surface area contributed by atoms with E-state index in [-0.39, 0.29) is 0 Å². The van der Waals surface area contributed by atoms with Gasteiger partial charge in [-0.2, -0.15) is 0 Å². The normalized spacial score (nSPS) is 15.5. The first-order valence-corrected chi connectivity index (χ1v) is 6.52. The molecule has 1 aromatic heterocycles. The van der Waals surface area contributed by atoms with Gasteiger partial charge in [-0.1, -0.05) is 19.9 Å². The quantitative estimate of drug-likeness (QED) is 0.782. The minimum atomic E-state index is 1.03. The van der Waals surface area contributed by atoms with E-state index in [1.54, 1.807) is 12.4 Å². The van der Waals surface area contributed by atoms with E-state index >= 15 is 0 Å². The topological polar surface area (TPSA) is 29.0 Å². The Morgan fingerprint density at radius 3 is 2.35 bits per heavy atom. The predicted molar refractivity (Wildman–Crippen MR) is 74.2 cm³/mol. The fourth-order valence-corrected chi connectivity index (χ4v) is 1.91. The molecule has 1 saturated heterocycles. The molecule has 1 aromatic rings. The van der Waals surface area contributed by atoms with Gasteiger partial charge in [-0.15, -0.1) is 0 Å². The van der Waals surface area contributed by atoms with Crippen molar-refractivity contribution in [2.75, 3.05) is 18.0 Å². The second-order valence-electron chi connectivity index (χ2n) is 3.89. The SMILES string of the molecule is C/C=C(\C)c1nccnc1N1CCCC1.CC. The molecule has 0 atom stereocenters. The summed E-state index contributed by atoms with van der Waals surface area (Å²) in [5.41, 5.74) is 2.23. The van der Waals surface area contributed by atoms with Gasteiger partial charge in [0.25, 0.3) is 0 Å². The van der Waals surface area contributed by atoms with E-state index in [0.29, 0.717) is 0 Å². The van der Waals surface area contributed by atoms with Crippen molar-refractivity contribution in [3.05, 3.63) is 24.2 Å². The number of nitrogens with zero attached hydrogens (tertiary/aromatic N) is 3. The molecule has 0 N–H and O–H groups in total. The predicted octanol–water partition coefficient (Wildman–Crippen LogP) is 3.53. The van der Waals surface area contributed by atoms with E-state index in [1.165, 1.54) is 18.4 Å². The molecule has 2 heterocycles. The maximum absolute atomic E-state index is 4.45. The summed E-state index contributed by atoms with van der Waals surface area (Å²) in [6.07, 6.45) is 8.17. The van der Waals surface area contributed by atoms with Crippen molar-refractivity contribution in [2.45, 2.75) is 40.5 Å². The lowest BCUT2D eigenvalue weighted by Crippen LogP contribution is -2.20. The van der Waals surface area contributed by atoms with Crippen LogP contribution in [0, 0.1) is 0 Å². The number of hydrogen-bond donors (Lipinski definition) is 0. The van der Waals surface area contributed by atoms with Crippen molar-refractivity contribution in [1.29, 1.82) is 0 Å². The first-order chi connectivity index (χ1) is 8.33. The zero-order valence-corrected chi connectivity index (χ0v) is 11.4. The molecule has 1 fully saturated rings. The lowest BCUT2D eigenvalue weighted by molar-refractivity contribution is 0.920. The summed E-state index contributed by atoms with van der Waals surface area (Å²) in [7, 11) is 0. The Morgan fingerprint density at radius 2 is 1.76 bits per heavy atom. The van der Waals surface area contributed by atoms with E-state index < -0.39 is 0 Å². The van der Waals surface area contributed by atoms with Gasteiger partial charge < -0.3 is 4.90 Å². The monoisotopic (exact) mass is 233 g/mol. The highest BCUT2D eigenvalue weighted by Crippen LogP contribution is 2.25. The lowest BCUT2D eigenvalue weighted by atomic mass is 10.2. The van der Waals surface area contributed by atoms with Gasteiger partial charge >= 0.3 is 0 Å². The minimum absolute atomic E-state index is 1.03. The third-order valence-corrected chi connectivity index (χ3v) is 2.89. The highest BCUT2D eigenvalue weighted by atomic mass is 15.2. The summed E-state index contributed by atoms with van der Waals surface area (Å²) in [4.78, 5) is 11.2. The van der Waals surface area contributed by atoms with E-state index in [0.717, 1.165) is 24.6 Å². The molecule has 17 heavy (non-hydrogen) atoms. The first-order valence-electron chi connectivity index (χ1n) is 6.52. The maximum Gasteiger partial charge on any atom is 0.154 e. The molecule has 1 aliphatic rings. The molecule has 0 unspecified atom stereocenters. The third-order valence-electron chi connectivity index (χ3n) is 2.89. The number of rotatable bonds is 2. The zero-order valence-electron chi connectivity index (χ0n) is 11.4. The fourth-order valence-electron chi connectivity index (χ4n) is 1.91. The van der Waals surface area contributed by atoms with Crippen LogP contribution in [0.25, 0.3) is 5.57 Å². The van der Waals surface area contributed by atoms with Gasteiger partial charge in [0, 0.05) is 25.5 Å². The Morgan fingerprint density at radius 1 is 1.18 bits per heavy atom. The Labute approximate surface area is 105 Å². The minimum Gasteiger partial charge on any atom is -0.355 e. The summed E-state index contributed by atoms with van der Waals surface area (Å²) < 4.78 is 0. The van der Waals surface area contributed by atoms with Crippen LogP contribution >= 0.6 is 0 Å². The van der Waals surface area contributed by atoms with Gasteiger partial charge in [0.1, 0.15) is 5.69 Å². The van der Waals surface area contributed by atoms with Crippen molar-refractivity contribution in [3.63, 3.8) is 0 Å². The van der Waals surface area contributed by atoms with Crippen molar-refractivity contribution in [3.8, 4) is 0 Å². The van der Waals surface area contributed by atoms with E-state index in [9.17, 15) is 0 Å². The van der Waals surface area contributed by atoms with Gasteiger partial charge in [0.05, 0.1) is 0 Å². The standard InChI is InChI=1S/C12H17N3.C2H6/c1-3-10(2)11-12(14-7-6-13-11)15-8-4-5-9-15;1-2/h3,6-7H,4-5,8-9H2,1-2H3;1-2H3/b10-3+;. The van der Waals surface area contributed by atoms with E-state index in [4.69, 9.17) is 0 Å². The van der Waals surface area contributed by atoms with Crippen molar-refractivity contribution < 1.29 is 0 Å². The van der Waals surface area contributed by atoms with Crippen LogP contribution in [0.4, 0.5) is 5.82 Å². The van der Waals surface area contributed by atoms with Crippen LogP contribution in [0.1, 0.15) is 46.2 Å². The highest BCUT2D eigenvalue weighted by molar-refractivity contribution is 5.70. The Kier molecular flexibility index (Phi) is 5.67. The molecule has 0 spiro atoms. The van der Waals surface area contributed by atoms with Gasteiger partial charge in [-0.05, 0) is 32.3 Å². The van der Waals surface area contributed by atoms with Gasteiger partial charge in [0.15, 0.2) is 5.82 Å². The van der Waals surface area contributed by atoms with Crippen molar-refractivity contribution in [2.24, 2.45) is 0 Å². The first kappa shape index (κ1) is 13.7.